The molecule has 8 unspecified atom stereocenters. The Hall–Kier alpha value is -0.990. The molecule has 5 aliphatic rings. The summed E-state index contributed by atoms with van der Waals surface area (Å²) in [6.45, 7) is 8.60. The summed E-state index contributed by atoms with van der Waals surface area (Å²) in [5.74, 6) is 4.02. The molecular weight excluding hydrogens is 514 g/mol. The van der Waals surface area contributed by atoms with Crippen molar-refractivity contribution in [3.63, 3.8) is 0 Å². The molecule has 4 saturated carbocycles. The van der Waals surface area contributed by atoms with Gasteiger partial charge in [-0.2, -0.15) is 8.42 Å². The topological polar surface area (TPSA) is 101 Å². The molecule has 0 aromatic heterocycles. The van der Waals surface area contributed by atoms with Crippen molar-refractivity contribution < 1.29 is 27.3 Å². The van der Waals surface area contributed by atoms with Crippen molar-refractivity contribution in [2.24, 2.45) is 46.3 Å². The smallest absolute Gasteiger partial charge is 0.266 e. The number of carbonyl (C=O) groups excluding carboxylic acids is 2. The van der Waals surface area contributed by atoms with Gasteiger partial charge < -0.3 is 9.64 Å². The monoisotopic (exact) mass is 565 g/mol. The third-order valence-corrected chi connectivity index (χ3v) is 13.3. The highest BCUT2D eigenvalue weighted by Crippen LogP contribution is 2.68. The summed E-state index contributed by atoms with van der Waals surface area (Å²) in [6.07, 6.45) is 13.0. The van der Waals surface area contributed by atoms with E-state index in [-0.39, 0.29) is 18.5 Å². The quantitative estimate of drug-likeness (QED) is 0.389. The lowest BCUT2D eigenvalue weighted by atomic mass is 9.44. The first-order chi connectivity index (χ1) is 18.4. The van der Waals surface area contributed by atoms with Crippen LogP contribution in [0.3, 0.4) is 0 Å². The zero-order chi connectivity index (χ0) is 28.0. The van der Waals surface area contributed by atoms with Crippen molar-refractivity contribution >= 4 is 21.8 Å². The number of nitrogens with zero attached hydrogens (tertiary/aromatic N) is 1. The van der Waals surface area contributed by atoms with E-state index in [4.69, 9.17) is 4.74 Å². The van der Waals surface area contributed by atoms with Gasteiger partial charge in [-0.05, 0) is 111 Å². The number of rotatable bonds is 8. The Morgan fingerprint density at radius 1 is 1.03 bits per heavy atom. The Morgan fingerprint density at radius 2 is 1.74 bits per heavy atom. The van der Waals surface area contributed by atoms with Gasteiger partial charge in [0.1, 0.15) is 5.78 Å². The zero-order valence-electron chi connectivity index (χ0n) is 24.4. The van der Waals surface area contributed by atoms with Gasteiger partial charge in [-0.3, -0.25) is 14.1 Å². The normalized spacial score (nSPS) is 39.9. The summed E-state index contributed by atoms with van der Waals surface area (Å²) in [7, 11) is -4.12. The molecule has 8 atom stereocenters. The highest BCUT2D eigenvalue weighted by Gasteiger charge is 2.60. The van der Waals surface area contributed by atoms with Crippen LogP contribution in [0.15, 0.2) is 0 Å². The third kappa shape index (κ3) is 5.86. The van der Waals surface area contributed by atoms with Gasteiger partial charge >= 0.3 is 0 Å². The summed E-state index contributed by atoms with van der Waals surface area (Å²) < 4.78 is 37.7. The Bertz CT molecular complexity index is 1020. The number of ketones is 1. The van der Waals surface area contributed by atoms with Crippen LogP contribution >= 0.6 is 0 Å². The number of hydrogen-bond acceptors (Lipinski definition) is 5. The summed E-state index contributed by atoms with van der Waals surface area (Å²) in [6, 6.07) is -0.0152. The number of amides is 1. The van der Waals surface area contributed by atoms with Gasteiger partial charge in [-0.25, -0.2) is 0 Å². The number of carbonyl (C=O) groups is 2. The van der Waals surface area contributed by atoms with Gasteiger partial charge in [0.2, 0.25) is 5.91 Å². The van der Waals surface area contributed by atoms with E-state index in [1.165, 1.54) is 38.5 Å². The lowest BCUT2D eigenvalue weighted by molar-refractivity contribution is -0.140. The summed E-state index contributed by atoms with van der Waals surface area (Å²) in [5.41, 5.74) is 0.659. The van der Waals surface area contributed by atoms with Crippen LogP contribution in [0.1, 0.15) is 104 Å². The van der Waals surface area contributed by atoms with E-state index in [1.807, 2.05) is 0 Å². The average Bonchev–Trinajstić information content (AvgIpc) is 3.25. The van der Waals surface area contributed by atoms with Gasteiger partial charge in [-0.15, -0.1) is 0 Å². The fourth-order valence-corrected chi connectivity index (χ4v) is 10.9. The van der Waals surface area contributed by atoms with Crippen molar-refractivity contribution in [3.8, 4) is 0 Å². The summed E-state index contributed by atoms with van der Waals surface area (Å²) in [4.78, 5) is 27.3. The molecule has 0 bridgehead atoms. The molecule has 1 saturated heterocycles. The molecule has 8 heteroatoms. The van der Waals surface area contributed by atoms with Gasteiger partial charge in [0, 0.05) is 45.1 Å². The van der Waals surface area contributed by atoms with Crippen molar-refractivity contribution in [1.29, 1.82) is 0 Å². The van der Waals surface area contributed by atoms with Crippen LogP contribution in [0.2, 0.25) is 0 Å². The van der Waals surface area contributed by atoms with Gasteiger partial charge in [0.25, 0.3) is 10.1 Å². The van der Waals surface area contributed by atoms with Crippen molar-refractivity contribution in [2.75, 3.05) is 25.5 Å². The van der Waals surface area contributed by atoms with Crippen LogP contribution in [0.5, 0.6) is 0 Å². The minimum atomic E-state index is -4.12. The molecule has 5 rings (SSSR count). The molecule has 7 nitrogen and oxygen atoms in total. The molecular formula is C31H51NO6S. The predicted octanol–water partition coefficient (Wildman–Crippen LogP) is 5.53. The fraction of sp³-hybridized carbons (Fsp3) is 0.935. The van der Waals surface area contributed by atoms with Gasteiger partial charge in [0.15, 0.2) is 0 Å². The molecule has 0 radical (unpaired) electrons. The van der Waals surface area contributed by atoms with Crippen LogP contribution in [-0.4, -0.2) is 61.1 Å². The largest absolute Gasteiger partial charge is 0.381 e. The molecule has 39 heavy (non-hydrogen) atoms. The average molecular weight is 566 g/mol. The molecule has 1 N–H and O–H groups in total. The molecule has 0 aromatic rings. The SMILES string of the molecule is CC(CCC(=O)N(CCS(=O)(=O)O)C1CCOCC1)C1CCC2C3CCC4CC(=O)CCC4(C)C3CCC12C. The highest BCUT2D eigenvalue weighted by molar-refractivity contribution is 7.85. The minimum Gasteiger partial charge on any atom is -0.381 e. The van der Waals surface area contributed by atoms with Crippen molar-refractivity contribution in [1.82, 2.24) is 4.90 Å². The van der Waals surface area contributed by atoms with E-state index in [2.05, 4.69) is 20.8 Å². The molecule has 1 heterocycles. The Morgan fingerprint density at radius 3 is 2.46 bits per heavy atom. The number of fused-ring (bicyclic) bond motifs is 5. The molecule has 5 fully saturated rings. The summed E-state index contributed by atoms with van der Waals surface area (Å²) in [5, 5.41) is 0. The van der Waals surface area contributed by atoms with Crippen LogP contribution in [0.4, 0.5) is 0 Å². The van der Waals surface area contributed by atoms with Crippen molar-refractivity contribution in [3.05, 3.63) is 0 Å². The molecule has 1 aliphatic heterocycles. The first-order valence-corrected chi connectivity index (χ1v) is 17.4. The Balaban J connectivity index is 1.22. The Labute approximate surface area is 235 Å². The van der Waals surface area contributed by atoms with Gasteiger partial charge in [0.05, 0.1) is 5.75 Å². The van der Waals surface area contributed by atoms with E-state index >= 15 is 0 Å². The second-order valence-electron chi connectivity index (χ2n) is 14.4. The third-order valence-electron chi connectivity index (χ3n) is 12.6. The van der Waals surface area contributed by atoms with E-state index in [9.17, 15) is 22.6 Å². The second-order valence-corrected chi connectivity index (χ2v) is 15.9. The van der Waals surface area contributed by atoms with E-state index in [1.54, 1.807) is 4.90 Å². The maximum atomic E-state index is 13.4. The van der Waals surface area contributed by atoms with Crippen LogP contribution in [0.25, 0.3) is 0 Å². The second kappa shape index (κ2) is 11.4. The number of ether oxygens (including phenoxy) is 1. The van der Waals surface area contributed by atoms with Crippen LogP contribution in [0, 0.1) is 46.3 Å². The highest BCUT2D eigenvalue weighted by atomic mass is 32.2. The fourth-order valence-electron chi connectivity index (χ4n) is 10.4. The van der Waals surface area contributed by atoms with E-state index in [0.29, 0.717) is 66.8 Å². The first-order valence-electron chi connectivity index (χ1n) is 15.8. The predicted molar refractivity (Wildman–Crippen MR) is 151 cm³/mol. The maximum absolute atomic E-state index is 13.4. The molecule has 222 valence electrons. The number of Topliss-reactive ketones (excluding diaryl/α,β-unsaturated/α-hetero) is 1. The van der Waals surface area contributed by atoms with Gasteiger partial charge in [-0.1, -0.05) is 20.8 Å². The minimum absolute atomic E-state index is 0.0129. The zero-order valence-corrected chi connectivity index (χ0v) is 25.2. The summed E-state index contributed by atoms with van der Waals surface area (Å²) >= 11 is 0. The Kier molecular flexibility index (Phi) is 8.59. The van der Waals surface area contributed by atoms with Crippen LogP contribution < -0.4 is 0 Å². The van der Waals surface area contributed by atoms with Crippen molar-refractivity contribution in [2.45, 2.75) is 110 Å². The number of hydrogen-bond donors (Lipinski definition) is 1. The molecule has 0 aromatic carbocycles. The molecule has 4 aliphatic carbocycles. The maximum Gasteiger partial charge on any atom is 0.266 e. The lowest BCUT2D eigenvalue weighted by Crippen LogP contribution is -2.53. The molecule has 0 spiro atoms. The lowest BCUT2D eigenvalue weighted by Gasteiger charge is -2.60. The van der Waals surface area contributed by atoms with E-state index < -0.39 is 15.9 Å². The first kappa shape index (κ1) is 29.5. The standard InChI is InChI=1S/C31H51NO6S/c1-21(4-9-29(34)32(16-19-39(35,36)37)23-12-17-38-18-13-23)26-7-8-27-25-6-5-22-20-24(33)10-14-30(22,2)28(25)11-15-31(26,27)3/h21-23,25-28H,4-20H2,1-3H3,(H,35,36,37). The van der Waals surface area contributed by atoms with E-state index in [0.717, 1.165) is 43.4 Å². The molecule has 1 amide bonds. The van der Waals surface area contributed by atoms with Crippen LogP contribution in [-0.2, 0) is 24.4 Å².